The summed E-state index contributed by atoms with van der Waals surface area (Å²) in [6, 6.07) is 15.9. The highest BCUT2D eigenvalue weighted by Crippen LogP contribution is 2.29. The predicted molar refractivity (Wildman–Crippen MR) is 121 cm³/mol. The third-order valence-corrected chi connectivity index (χ3v) is 5.06. The molecule has 3 amide bonds. The summed E-state index contributed by atoms with van der Waals surface area (Å²) < 4.78 is 52.6. The van der Waals surface area contributed by atoms with Crippen LogP contribution in [0.15, 0.2) is 72.8 Å². The average Bonchev–Trinajstić information content (AvgIpc) is 2.79. The van der Waals surface area contributed by atoms with E-state index in [0.717, 1.165) is 16.4 Å². The van der Waals surface area contributed by atoms with Crippen molar-refractivity contribution in [1.82, 2.24) is 5.32 Å². The van der Waals surface area contributed by atoms with Crippen molar-refractivity contribution in [2.75, 3.05) is 16.2 Å². The maximum atomic E-state index is 13.7. The van der Waals surface area contributed by atoms with Crippen LogP contribution in [0.5, 0.6) is 0 Å². The molecule has 3 rings (SSSR count). The first-order valence-electron chi connectivity index (χ1n) is 9.74. The quantitative estimate of drug-likeness (QED) is 0.315. The van der Waals surface area contributed by atoms with E-state index in [1.165, 1.54) is 42.5 Å². The second kappa shape index (κ2) is 10.4. The maximum Gasteiger partial charge on any atom is 0.416 e. The molecule has 0 aliphatic heterocycles. The van der Waals surface area contributed by atoms with Crippen molar-refractivity contribution in [3.63, 3.8) is 0 Å². The molecule has 0 aliphatic carbocycles. The fourth-order valence-electron chi connectivity index (χ4n) is 2.90. The molecule has 0 bridgehead atoms. The van der Waals surface area contributed by atoms with Crippen LogP contribution in [0.2, 0.25) is 0 Å². The van der Waals surface area contributed by atoms with Crippen LogP contribution in [-0.2, 0) is 12.6 Å². The number of rotatable bonds is 6. The number of benzene rings is 3. The van der Waals surface area contributed by atoms with Crippen molar-refractivity contribution < 1.29 is 27.2 Å². The van der Waals surface area contributed by atoms with Crippen LogP contribution in [0, 0.1) is 5.82 Å². The fourth-order valence-corrected chi connectivity index (χ4v) is 3.10. The number of urea groups is 1. The number of thiol groups is 1. The standard InChI is InChI=1S/C23H19F4N3O2S/c24-20-4-2-1-3-19(20)21(31)29-17-9-11-18(12-10-17)30(33)22(32)28-14-13-15-5-7-16(8-6-15)23(25,26)27/h1-12,33H,13-14H2,(H,28,32)(H,29,31). The molecule has 0 spiro atoms. The Bertz CT molecular complexity index is 1120. The van der Waals surface area contributed by atoms with Gasteiger partial charge in [0.1, 0.15) is 5.82 Å². The van der Waals surface area contributed by atoms with Crippen LogP contribution in [0.1, 0.15) is 21.5 Å². The molecule has 0 heterocycles. The van der Waals surface area contributed by atoms with Gasteiger partial charge in [-0.3, -0.25) is 4.79 Å². The summed E-state index contributed by atoms with van der Waals surface area (Å²) in [6.45, 7) is 0.192. The van der Waals surface area contributed by atoms with Gasteiger partial charge >= 0.3 is 12.2 Å². The Balaban J connectivity index is 1.51. The van der Waals surface area contributed by atoms with E-state index in [-0.39, 0.29) is 12.1 Å². The summed E-state index contributed by atoms with van der Waals surface area (Å²) in [5.74, 6) is -1.24. The minimum atomic E-state index is -4.39. The Kier molecular flexibility index (Phi) is 7.59. The van der Waals surface area contributed by atoms with Crippen molar-refractivity contribution in [1.29, 1.82) is 0 Å². The lowest BCUT2D eigenvalue weighted by Crippen LogP contribution is -2.35. The molecule has 3 aromatic rings. The van der Waals surface area contributed by atoms with Crippen LogP contribution in [0.4, 0.5) is 33.7 Å². The number of amides is 3. The van der Waals surface area contributed by atoms with Crippen molar-refractivity contribution in [3.8, 4) is 0 Å². The van der Waals surface area contributed by atoms with Crippen LogP contribution < -0.4 is 14.9 Å². The van der Waals surface area contributed by atoms with E-state index in [9.17, 15) is 27.2 Å². The summed E-state index contributed by atoms with van der Waals surface area (Å²) >= 11 is 4.15. The molecule has 2 N–H and O–H groups in total. The number of anilines is 2. The third-order valence-electron chi connectivity index (χ3n) is 4.65. The van der Waals surface area contributed by atoms with Gasteiger partial charge in [0.2, 0.25) is 0 Å². The van der Waals surface area contributed by atoms with Gasteiger partial charge in [-0.05, 0) is 60.5 Å². The van der Waals surface area contributed by atoms with Gasteiger partial charge in [-0.2, -0.15) is 13.2 Å². The number of nitrogens with one attached hydrogen (secondary N) is 2. The lowest BCUT2D eigenvalue weighted by atomic mass is 10.1. The largest absolute Gasteiger partial charge is 0.416 e. The Morgan fingerprint density at radius 3 is 2.15 bits per heavy atom. The van der Waals surface area contributed by atoms with Gasteiger partial charge in [0.15, 0.2) is 0 Å². The molecule has 0 fully saturated rings. The summed E-state index contributed by atoms with van der Waals surface area (Å²) in [7, 11) is 0. The van der Waals surface area contributed by atoms with E-state index < -0.39 is 29.5 Å². The van der Waals surface area contributed by atoms with Gasteiger partial charge in [0.25, 0.3) is 5.91 Å². The van der Waals surface area contributed by atoms with Crippen LogP contribution in [0.3, 0.4) is 0 Å². The molecule has 5 nitrogen and oxygen atoms in total. The first-order valence-corrected chi connectivity index (χ1v) is 10.1. The molecule has 172 valence electrons. The van der Waals surface area contributed by atoms with E-state index in [1.54, 1.807) is 18.2 Å². The Hall–Kier alpha value is -3.53. The summed E-state index contributed by atoms with van der Waals surface area (Å²) in [5, 5.41) is 5.19. The van der Waals surface area contributed by atoms with E-state index in [4.69, 9.17) is 0 Å². The topological polar surface area (TPSA) is 61.4 Å². The minimum Gasteiger partial charge on any atom is -0.337 e. The molecule has 0 aromatic heterocycles. The molecule has 0 saturated heterocycles. The molecule has 10 heteroatoms. The van der Waals surface area contributed by atoms with Crippen LogP contribution in [0.25, 0.3) is 0 Å². The highest BCUT2D eigenvalue weighted by Gasteiger charge is 2.29. The van der Waals surface area contributed by atoms with Crippen LogP contribution >= 0.6 is 12.8 Å². The number of alkyl halides is 3. The molecule has 0 radical (unpaired) electrons. The van der Waals surface area contributed by atoms with Crippen molar-refractivity contribution >= 4 is 36.1 Å². The van der Waals surface area contributed by atoms with Gasteiger partial charge in [-0.15, -0.1) is 0 Å². The highest BCUT2D eigenvalue weighted by atomic mass is 32.1. The van der Waals surface area contributed by atoms with Crippen molar-refractivity contribution in [2.45, 2.75) is 12.6 Å². The molecule has 0 aliphatic rings. The van der Waals surface area contributed by atoms with Gasteiger partial charge in [-0.1, -0.05) is 37.1 Å². The maximum absolute atomic E-state index is 13.7. The molecule has 0 unspecified atom stereocenters. The monoisotopic (exact) mass is 477 g/mol. The average molecular weight is 477 g/mol. The zero-order chi connectivity index (χ0) is 24.0. The Morgan fingerprint density at radius 1 is 0.909 bits per heavy atom. The number of halogens is 4. The van der Waals surface area contributed by atoms with E-state index in [2.05, 4.69) is 23.4 Å². The number of carbonyl (C=O) groups is 2. The lowest BCUT2D eigenvalue weighted by Gasteiger charge is -2.17. The molecule has 0 saturated carbocycles. The summed E-state index contributed by atoms with van der Waals surface area (Å²) in [5.41, 5.74) is 0.629. The molecule has 33 heavy (non-hydrogen) atoms. The number of hydrogen-bond acceptors (Lipinski definition) is 3. The second-order valence-electron chi connectivity index (χ2n) is 6.97. The second-order valence-corrected chi connectivity index (χ2v) is 7.37. The fraction of sp³-hybridized carbons (Fsp3) is 0.130. The van der Waals surface area contributed by atoms with Crippen molar-refractivity contribution in [3.05, 3.63) is 95.3 Å². The SMILES string of the molecule is O=C(Nc1ccc(N(S)C(=O)NCCc2ccc(C(F)(F)F)cc2)cc1)c1ccccc1F. The molecule has 3 aromatic carbocycles. The Morgan fingerprint density at radius 2 is 1.55 bits per heavy atom. The normalized spacial score (nSPS) is 11.1. The third kappa shape index (κ3) is 6.48. The predicted octanol–water partition coefficient (Wildman–Crippen LogP) is 5.70. The number of carbonyl (C=O) groups excluding carboxylic acids is 2. The summed E-state index contributed by atoms with van der Waals surface area (Å²) in [4.78, 5) is 24.5. The first-order chi connectivity index (χ1) is 15.6. The molecule has 0 atom stereocenters. The zero-order valence-electron chi connectivity index (χ0n) is 17.1. The van der Waals surface area contributed by atoms with Crippen LogP contribution in [-0.4, -0.2) is 18.5 Å². The van der Waals surface area contributed by atoms with E-state index in [1.807, 2.05) is 0 Å². The number of nitrogens with zero attached hydrogens (tertiary/aromatic N) is 1. The number of hydrogen-bond donors (Lipinski definition) is 3. The van der Waals surface area contributed by atoms with Gasteiger partial charge in [0.05, 0.1) is 16.8 Å². The Labute approximate surface area is 193 Å². The van der Waals surface area contributed by atoms with Gasteiger partial charge in [-0.25, -0.2) is 13.5 Å². The zero-order valence-corrected chi connectivity index (χ0v) is 18.0. The van der Waals surface area contributed by atoms with Gasteiger partial charge in [0, 0.05) is 12.2 Å². The van der Waals surface area contributed by atoms with Gasteiger partial charge < -0.3 is 10.6 Å². The van der Waals surface area contributed by atoms with Crippen molar-refractivity contribution in [2.24, 2.45) is 0 Å². The highest BCUT2D eigenvalue weighted by molar-refractivity contribution is 7.82. The molecular formula is C23H19F4N3O2S. The summed E-state index contributed by atoms with van der Waals surface area (Å²) in [6.07, 6.45) is -4.05. The minimum absolute atomic E-state index is 0.0928. The lowest BCUT2D eigenvalue weighted by molar-refractivity contribution is -0.137. The van der Waals surface area contributed by atoms with E-state index in [0.29, 0.717) is 23.4 Å². The smallest absolute Gasteiger partial charge is 0.337 e. The first kappa shape index (κ1) is 24.1. The van der Waals surface area contributed by atoms with E-state index >= 15 is 0 Å². The molecular weight excluding hydrogens is 458 g/mol.